The monoisotopic (exact) mass is 653 g/mol. The van der Waals surface area contributed by atoms with E-state index in [0.717, 1.165) is 79.5 Å². The van der Waals surface area contributed by atoms with E-state index >= 15 is 0 Å². The van der Waals surface area contributed by atoms with Crippen molar-refractivity contribution in [1.29, 1.82) is 0 Å². The largest absolute Gasteiger partial charge is 0.490 e. The van der Waals surface area contributed by atoms with Crippen molar-refractivity contribution in [3.8, 4) is 5.75 Å². The van der Waals surface area contributed by atoms with E-state index in [1.807, 2.05) is 39.0 Å². The lowest BCUT2D eigenvalue weighted by Crippen LogP contribution is -2.16. The summed E-state index contributed by atoms with van der Waals surface area (Å²) < 4.78 is 19.0. The Kier molecular flexibility index (Phi) is 14.9. The molecule has 0 saturated heterocycles. The molecule has 0 aliphatic heterocycles. The molecule has 0 amide bonds. The van der Waals surface area contributed by atoms with Crippen molar-refractivity contribution in [1.82, 2.24) is 5.32 Å². The Morgan fingerprint density at radius 3 is 2.34 bits per heavy atom. The molecule has 4 rings (SSSR count). The molecule has 0 saturated carbocycles. The van der Waals surface area contributed by atoms with Gasteiger partial charge >= 0.3 is 0 Å². The third kappa shape index (κ3) is 9.92. The molecule has 0 aromatic heterocycles. The quantitative estimate of drug-likeness (QED) is 0.146. The molecule has 0 heterocycles. The van der Waals surface area contributed by atoms with Crippen molar-refractivity contribution < 1.29 is 9.13 Å². The zero-order chi connectivity index (χ0) is 32.1. The van der Waals surface area contributed by atoms with E-state index in [-0.39, 0.29) is 12.8 Å². The number of benzene rings is 3. The number of ether oxygens (including phenoxy) is 1. The first-order valence-electron chi connectivity index (χ1n) is 15.9. The SMILES string of the molecule is C=C(NC(C)=S)c1ccc2c(c1)CCCC(c1ccc(Cl)cc1Cl)=C2c1ccc(OC(CCC)CCCCCF)cc1.CC. The number of aryl methyl sites for hydroxylation is 1. The Morgan fingerprint density at radius 2 is 1.68 bits per heavy atom. The van der Waals surface area contributed by atoms with Crippen LogP contribution in [0.1, 0.15) is 107 Å². The summed E-state index contributed by atoms with van der Waals surface area (Å²) in [5, 5.41) is 4.46. The topological polar surface area (TPSA) is 21.3 Å². The van der Waals surface area contributed by atoms with Gasteiger partial charge in [0.25, 0.3) is 0 Å². The minimum absolute atomic E-state index is 0.137. The van der Waals surface area contributed by atoms with Gasteiger partial charge in [0.05, 0.1) is 17.8 Å². The average Bonchev–Trinajstić information content (AvgIpc) is 3.19. The third-order valence-corrected chi connectivity index (χ3v) is 8.35. The lowest BCUT2D eigenvalue weighted by atomic mass is 9.87. The van der Waals surface area contributed by atoms with Gasteiger partial charge in [0.2, 0.25) is 0 Å². The van der Waals surface area contributed by atoms with E-state index in [1.165, 1.54) is 22.3 Å². The fraction of sp³-hybridized carbons (Fsp3) is 0.395. The van der Waals surface area contributed by atoms with E-state index in [1.54, 1.807) is 0 Å². The number of halogens is 3. The minimum Gasteiger partial charge on any atom is -0.490 e. The van der Waals surface area contributed by atoms with Crippen LogP contribution in [0, 0.1) is 0 Å². The number of alkyl halides is 1. The molecule has 1 atom stereocenters. The average molecular weight is 655 g/mol. The number of unbranched alkanes of at least 4 members (excludes halogenated alkanes) is 2. The van der Waals surface area contributed by atoms with Crippen molar-refractivity contribution in [3.63, 3.8) is 0 Å². The van der Waals surface area contributed by atoms with Crippen LogP contribution >= 0.6 is 35.4 Å². The molecule has 6 heteroatoms. The maximum Gasteiger partial charge on any atom is 0.119 e. The molecule has 236 valence electrons. The number of fused-ring (bicyclic) bond motifs is 1. The van der Waals surface area contributed by atoms with Crippen LogP contribution in [0.25, 0.3) is 16.8 Å². The van der Waals surface area contributed by atoms with Crippen molar-refractivity contribution in [3.05, 3.63) is 105 Å². The molecule has 0 bridgehead atoms. The van der Waals surface area contributed by atoms with Crippen LogP contribution in [0.5, 0.6) is 5.75 Å². The highest BCUT2D eigenvalue weighted by Gasteiger charge is 2.22. The molecule has 1 aliphatic carbocycles. The van der Waals surface area contributed by atoms with Gasteiger partial charge in [0.1, 0.15) is 5.75 Å². The molecule has 1 aliphatic rings. The predicted molar refractivity (Wildman–Crippen MR) is 194 cm³/mol. The fourth-order valence-electron chi connectivity index (χ4n) is 5.71. The maximum atomic E-state index is 12.5. The molecule has 0 fully saturated rings. The lowest BCUT2D eigenvalue weighted by molar-refractivity contribution is 0.175. The van der Waals surface area contributed by atoms with Crippen LogP contribution < -0.4 is 10.1 Å². The Balaban J connectivity index is 0.00000259. The molecular formula is C38H46Cl2FNOS. The van der Waals surface area contributed by atoms with Crippen molar-refractivity contribution in [2.24, 2.45) is 0 Å². The summed E-state index contributed by atoms with van der Waals surface area (Å²) in [4.78, 5) is 0.693. The number of rotatable bonds is 13. The van der Waals surface area contributed by atoms with Crippen molar-refractivity contribution in [2.75, 3.05) is 6.67 Å². The van der Waals surface area contributed by atoms with E-state index in [0.29, 0.717) is 21.5 Å². The first-order chi connectivity index (χ1) is 21.3. The molecule has 44 heavy (non-hydrogen) atoms. The smallest absolute Gasteiger partial charge is 0.119 e. The second-order valence-corrected chi connectivity index (χ2v) is 12.4. The van der Waals surface area contributed by atoms with Crippen LogP contribution in [0.2, 0.25) is 10.0 Å². The predicted octanol–water partition coefficient (Wildman–Crippen LogP) is 12.3. The zero-order valence-electron chi connectivity index (χ0n) is 26.6. The summed E-state index contributed by atoms with van der Waals surface area (Å²) in [5.41, 5.74) is 8.79. The Hall–Kier alpha value is -2.66. The summed E-state index contributed by atoms with van der Waals surface area (Å²) in [7, 11) is 0. The van der Waals surface area contributed by atoms with Crippen LogP contribution in [0.4, 0.5) is 4.39 Å². The number of hydrogen-bond acceptors (Lipinski definition) is 2. The van der Waals surface area contributed by atoms with Gasteiger partial charge < -0.3 is 10.1 Å². The Morgan fingerprint density at radius 1 is 0.955 bits per heavy atom. The third-order valence-electron chi connectivity index (χ3n) is 7.70. The van der Waals surface area contributed by atoms with E-state index < -0.39 is 0 Å². The van der Waals surface area contributed by atoms with Crippen LogP contribution in [-0.4, -0.2) is 17.8 Å². The zero-order valence-corrected chi connectivity index (χ0v) is 28.9. The van der Waals surface area contributed by atoms with E-state index in [2.05, 4.69) is 61.3 Å². The number of thiocarbonyl (C=S) groups is 1. The van der Waals surface area contributed by atoms with Crippen molar-refractivity contribution in [2.45, 2.75) is 91.6 Å². The van der Waals surface area contributed by atoms with Gasteiger partial charge in [-0.1, -0.05) is 106 Å². The first-order valence-corrected chi connectivity index (χ1v) is 17.1. The Bertz CT molecular complexity index is 1430. The summed E-state index contributed by atoms with van der Waals surface area (Å²) in [6.07, 6.45) is 8.44. The Labute approximate surface area is 279 Å². The fourth-order valence-corrected chi connectivity index (χ4v) is 6.36. The van der Waals surface area contributed by atoms with Gasteiger partial charge in [0, 0.05) is 15.7 Å². The number of nitrogens with one attached hydrogen (secondary N) is 1. The molecule has 3 aromatic rings. The second-order valence-electron chi connectivity index (χ2n) is 11.0. The van der Waals surface area contributed by atoms with Gasteiger partial charge in [-0.15, -0.1) is 0 Å². The van der Waals surface area contributed by atoms with Crippen LogP contribution in [0.3, 0.4) is 0 Å². The van der Waals surface area contributed by atoms with Gasteiger partial charge in [0.15, 0.2) is 0 Å². The highest BCUT2D eigenvalue weighted by atomic mass is 35.5. The molecule has 1 unspecified atom stereocenters. The molecule has 3 aromatic carbocycles. The maximum absolute atomic E-state index is 12.5. The van der Waals surface area contributed by atoms with Crippen LogP contribution in [0.15, 0.2) is 67.2 Å². The summed E-state index contributed by atoms with van der Waals surface area (Å²) >= 11 is 18.3. The van der Waals surface area contributed by atoms with Gasteiger partial charge in [-0.2, -0.15) is 0 Å². The number of hydrogen-bond donors (Lipinski definition) is 1. The normalized spacial score (nSPS) is 13.2. The van der Waals surface area contributed by atoms with E-state index in [4.69, 9.17) is 40.2 Å². The standard InChI is InChI=1S/C36H40Cl2FNOS.C2H6/c1-4-9-30(11-6-5-7-21-39)41-31-17-13-26(14-18-31)36-32-19-15-27(24(2)40-25(3)42)22-28(32)10-8-12-34(36)33-20-16-29(37)23-35(33)38;1-2/h13-20,22-23,30H,2,4-12,21H2,1,3H3,(H,40,42);1-2H3. The molecular weight excluding hydrogens is 608 g/mol. The summed E-state index contributed by atoms with van der Waals surface area (Å²) in [6, 6.07) is 20.7. The highest BCUT2D eigenvalue weighted by molar-refractivity contribution is 7.80. The summed E-state index contributed by atoms with van der Waals surface area (Å²) in [5.74, 6) is 0.858. The molecule has 0 spiro atoms. The molecule has 2 nitrogen and oxygen atoms in total. The second kappa shape index (κ2) is 18.3. The minimum atomic E-state index is -0.247. The van der Waals surface area contributed by atoms with Crippen LogP contribution in [-0.2, 0) is 6.42 Å². The van der Waals surface area contributed by atoms with Crippen molar-refractivity contribution >= 4 is 57.3 Å². The molecule has 1 N–H and O–H groups in total. The first kappa shape index (κ1) is 35.8. The molecule has 0 radical (unpaired) electrons. The van der Waals surface area contributed by atoms with E-state index in [9.17, 15) is 4.39 Å². The highest BCUT2D eigenvalue weighted by Crippen LogP contribution is 2.43. The lowest BCUT2D eigenvalue weighted by Gasteiger charge is -2.21. The van der Waals surface area contributed by atoms with Gasteiger partial charge in [-0.25, -0.2) is 0 Å². The van der Waals surface area contributed by atoms with Gasteiger partial charge in [-0.3, -0.25) is 4.39 Å². The number of allylic oxidation sites excluding steroid dienone is 1. The summed E-state index contributed by atoms with van der Waals surface area (Å²) in [6.45, 7) is 12.0. The van der Waals surface area contributed by atoms with Gasteiger partial charge in [-0.05, 0) is 121 Å².